The Labute approximate surface area is 225 Å². The molecule has 1 aliphatic carbocycles. The van der Waals surface area contributed by atoms with E-state index in [1.807, 2.05) is 37.3 Å². The second-order valence-corrected chi connectivity index (χ2v) is 11.4. The van der Waals surface area contributed by atoms with Crippen LogP contribution in [0.3, 0.4) is 0 Å². The molecule has 0 heterocycles. The fourth-order valence-electron chi connectivity index (χ4n) is 4.73. The molecule has 0 bridgehead atoms. The standard InChI is InChI=1S/C29H38Cl2N2O3/c1-5-25(28(35)32-21-11-7-6-8-12-21)33(18-20-15-16-23(30)24(31)17-20)27(34)19-36-26-14-10-9-13-22(26)29(2,3)4/h9-10,13-17,21,25H,5-8,11-12,18-19H2,1-4H3,(H,32,35)/t25-/m0/s1. The van der Waals surface area contributed by atoms with E-state index in [0.29, 0.717) is 22.2 Å². The molecule has 196 valence electrons. The van der Waals surface area contributed by atoms with Gasteiger partial charge in [0.1, 0.15) is 11.8 Å². The van der Waals surface area contributed by atoms with Crippen LogP contribution >= 0.6 is 23.2 Å². The average molecular weight is 534 g/mol. The molecule has 1 fully saturated rings. The Balaban J connectivity index is 1.82. The van der Waals surface area contributed by atoms with Gasteiger partial charge in [0.05, 0.1) is 10.0 Å². The zero-order valence-electron chi connectivity index (χ0n) is 21.8. The predicted molar refractivity (Wildman–Crippen MR) is 147 cm³/mol. The van der Waals surface area contributed by atoms with Gasteiger partial charge in [-0.05, 0) is 54.0 Å². The fraction of sp³-hybridized carbons (Fsp3) is 0.517. The summed E-state index contributed by atoms with van der Waals surface area (Å²) < 4.78 is 6.04. The molecule has 0 spiro atoms. The maximum Gasteiger partial charge on any atom is 0.261 e. The van der Waals surface area contributed by atoms with Crippen molar-refractivity contribution in [3.05, 3.63) is 63.6 Å². The quantitative estimate of drug-likeness (QED) is 0.381. The highest BCUT2D eigenvalue weighted by molar-refractivity contribution is 6.42. The highest BCUT2D eigenvalue weighted by Gasteiger charge is 2.31. The maximum atomic E-state index is 13.6. The largest absolute Gasteiger partial charge is 0.483 e. The van der Waals surface area contributed by atoms with Crippen LogP contribution in [0.4, 0.5) is 0 Å². The third kappa shape index (κ3) is 7.63. The van der Waals surface area contributed by atoms with Crippen LogP contribution in [0.15, 0.2) is 42.5 Å². The van der Waals surface area contributed by atoms with Crippen molar-refractivity contribution in [2.45, 2.75) is 90.3 Å². The van der Waals surface area contributed by atoms with Gasteiger partial charge in [-0.25, -0.2) is 0 Å². The van der Waals surface area contributed by atoms with Gasteiger partial charge in [-0.1, -0.05) is 94.4 Å². The maximum absolute atomic E-state index is 13.6. The molecule has 7 heteroatoms. The Morgan fingerprint density at radius 1 is 1.06 bits per heavy atom. The molecule has 1 N–H and O–H groups in total. The molecule has 1 saturated carbocycles. The van der Waals surface area contributed by atoms with Crippen LogP contribution in [0.1, 0.15) is 77.3 Å². The smallest absolute Gasteiger partial charge is 0.261 e. The number of rotatable bonds is 9. The number of benzene rings is 2. The second kappa shape index (κ2) is 12.8. The topological polar surface area (TPSA) is 58.6 Å². The van der Waals surface area contributed by atoms with Gasteiger partial charge in [0, 0.05) is 12.6 Å². The SMILES string of the molecule is CC[C@@H](C(=O)NC1CCCCC1)N(Cc1ccc(Cl)c(Cl)c1)C(=O)COc1ccccc1C(C)(C)C. The lowest BCUT2D eigenvalue weighted by molar-refractivity contribution is -0.143. The minimum atomic E-state index is -0.615. The van der Waals surface area contributed by atoms with Crippen molar-refractivity contribution in [3.63, 3.8) is 0 Å². The number of ether oxygens (including phenoxy) is 1. The number of halogens is 2. The summed E-state index contributed by atoms with van der Waals surface area (Å²) in [6.45, 7) is 8.32. The molecule has 1 atom stereocenters. The first kappa shape index (κ1) is 28.3. The Kier molecular flexibility index (Phi) is 10.1. The first-order valence-corrected chi connectivity index (χ1v) is 13.6. The normalized spacial score (nSPS) is 15.3. The van der Waals surface area contributed by atoms with E-state index in [0.717, 1.165) is 36.8 Å². The summed E-state index contributed by atoms with van der Waals surface area (Å²) in [5.41, 5.74) is 1.69. The third-order valence-electron chi connectivity index (χ3n) is 6.72. The van der Waals surface area contributed by atoms with Crippen molar-refractivity contribution in [1.82, 2.24) is 10.2 Å². The van der Waals surface area contributed by atoms with E-state index in [1.165, 1.54) is 6.42 Å². The van der Waals surface area contributed by atoms with Gasteiger partial charge in [0.2, 0.25) is 5.91 Å². The lowest BCUT2D eigenvalue weighted by Crippen LogP contribution is -2.52. The molecular formula is C29H38Cl2N2O3. The molecule has 0 aromatic heterocycles. The third-order valence-corrected chi connectivity index (χ3v) is 7.46. The van der Waals surface area contributed by atoms with Crippen LogP contribution in [0.2, 0.25) is 10.0 Å². The number of hydrogen-bond acceptors (Lipinski definition) is 3. The number of carbonyl (C=O) groups excluding carboxylic acids is 2. The number of para-hydroxylation sites is 1. The molecule has 36 heavy (non-hydrogen) atoms. The van der Waals surface area contributed by atoms with E-state index in [-0.39, 0.29) is 36.4 Å². The van der Waals surface area contributed by atoms with Crippen LogP contribution in [0.25, 0.3) is 0 Å². The number of carbonyl (C=O) groups is 2. The Bertz CT molecular complexity index is 1050. The number of nitrogens with one attached hydrogen (secondary N) is 1. The van der Waals surface area contributed by atoms with Crippen molar-refractivity contribution >= 4 is 35.0 Å². The van der Waals surface area contributed by atoms with E-state index in [1.54, 1.807) is 17.0 Å². The molecule has 2 aromatic carbocycles. The van der Waals surface area contributed by atoms with Crippen LogP contribution in [-0.2, 0) is 21.5 Å². The first-order chi connectivity index (χ1) is 17.1. The predicted octanol–water partition coefficient (Wildman–Crippen LogP) is 6.93. The first-order valence-electron chi connectivity index (χ1n) is 12.9. The van der Waals surface area contributed by atoms with Crippen LogP contribution in [0, 0.1) is 0 Å². The summed E-state index contributed by atoms with van der Waals surface area (Å²) in [5.74, 6) is 0.302. The number of nitrogens with zero attached hydrogens (tertiary/aromatic N) is 1. The summed E-state index contributed by atoms with van der Waals surface area (Å²) in [6.07, 6.45) is 5.90. The van der Waals surface area contributed by atoms with Crippen LogP contribution < -0.4 is 10.1 Å². The zero-order valence-corrected chi connectivity index (χ0v) is 23.3. The summed E-state index contributed by atoms with van der Waals surface area (Å²) in [5, 5.41) is 4.05. The average Bonchev–Trinajstić information content (AvgIpc) is 2.84. The summed E-state index contributed by atoms with van der Waals surface area (Å²) in [7, 11) is 0. The molecular weight excluding hydrogens is 495 g/mol. The molecule has 2 aromatic rings. The van der Waals surface area contributed by atoms with Gasteiger partial charge in [0.25, 0.3) is 5.91 Å². The molecule has 0 radical (unpaired) electrons. The fourth-order valence-corrected chi connectivity index (χ4v) is 5.05. The van der Waals surface area contributed by atoms with E-state index in [2.05, 4.69) is 26.1 Å². The van der Waals surface area contributed by atoms with Crippen molar-refractivity contribution in [2.75, 3.05) is 6.61 Å². The number of amides is 2. The van der Waals surface area contributed by atoms with E-state index < -0.39 is 6.04 Å². The van der Waals surface area contributed by atoms with Crippen LogP contribution in [0.5, 0.6) is 5.75 Å². The van der Waals surface area contributed by atoms with E-state index in [9.17, 15) is 9.59 Å². The van der Waals surface area contributed by atoms with E-state index >= 15 is 0 Å². The molecule has 1 aliphatic rings. The molecule has 5 nitrogen and oxygen atoms in total. The summed E-state index contributed by atoms with van der Waals surface area (Å²) >= 11 is 12.3. The van der Waals surface area contributed by atoms with Crippen molar-refractivity contribution in [3.8, 4) is 5.75 Å². The molecule has 0 unspecified atom stereocenters. The molecule has 2 amide bonds. The Morgan fingerprint density at radius 2 is 1.75 bits per heavy atom. The van der Waals surface area contributed by atoms with Crippen molar-refractivity contribution in [2.24, 2.45) is 0 Å². The second-order valence-electron chi connectivity index (χ2n) is 10.6. The molecule has 0 aliphatic heterocycles. The zero-order chi connectivity index (χ0) is 26.3. The van der Waals surface area contributed by atoms with Gasteiger partial charge in [-0.15, -0.1) is 0 Å². The highest BCUT2D eigenvalue weighted by Crippen LogP contribution is 2.31. The monoisotopic (exact) mass is 532 g/mol. The minimum Gasteiger partial charge on any atom is -0.483 e. The van der Waals surface area contributed by atoms with Crippen molar-refractivity contribution < 1.29 is 14.3 Å². The van der Waals surface area contributed by atoms with Crippen molar-refractivity contribution in [1.29, 1.82) is 0 Å². The lowest BCUT2D eigenvalue weighted by Gasteiger charge is -2.33. The van der Waals surface area contributed by atoms with Gasteiger partial charge in [-0.3, -0.25) is 9.59 Å². The van der Waals surface area contributed by atoms with Gasteiger partial charge in [-0.2, -0.15) is 0 Å². The Morgan fingerprint density at radius 3 is 2.39 bits per heavy atom. The Hall–Kier alpha value is -2.24. The molecule has 3 rings (SSSR count). The molecule has 0 saturated heterocycles. The summed E-state index contributed by atoms with van der Waals surface area (Å²) in [6, 6.07) is 12.6. The lowest BCUT2D eigenvalue weighted by atomic mass is 9.86. The van der Waals surface area contributed by atoms with Gasteiger partial charge < -0.3 is 15.0 Å². The van der Waals surface area contributed by atoms with Gasteiger partial charge in [0.15, 0.2) is 6.61 Å². The van der Waals surface area contributed by atoms with E-state index in [4.69, 9.17) is 27.9 Å². The van der Waals surface area contributed by atoms with Crippen LogP contribution in [-0.4, -0.2) is 35.4 Å². The highest BCUT2D eigenvalue weighted by atomic mass is 35.5. The summed E-state index contributed by atoms with van der Waals surface area (Å²) in [4.78, 5) is 28.6. The number of hydrogen-bond donors (Lipinski definition) is 1. The minimum absolute atomic E-state index is 0.118. The van der Waals surface area contributed by atoms with Gasteiger partial charge >= 0.3 is 0 Å².